The van der Waals surface area contributed by atoms with Gasteiger partial charge in [-0.1, -0.05) is 36.4 Å². The second kappa shape index (κ2) is 7.52. The summed E-state index contributed by atoms with van der Waals surface area (Å²) in [6.45, 7) is 0. The lowest BCUT2D eigenvalue weighted by Crippen LogP contribution is -2.40. The number of nitrogens with zero attached hydrogens (tertiary/aromatic N) is 2. The number of carbonyl (C=O) groups is 3. The molecule has 0 heterocycles. The number of amides is 2. The van der Waals surface area contributed by atoms with Crippen molar-refractivity contribution in [2.45, 2.75) is 12.8 Å². The van der Waals surface area contributed by atoms with Crippen LogP contribution in [0.2, 0.25) is 0 Å². The third-order valence-corrected chi connectivity index (χ3v) is 4.98. The van der Waals surface area contributed by atoms with E-state index >= 15 is 0 Å². The van der Waals surface area contributed by atoms with Crippen molar-refractivity contribution in [2.75, 3.05) is 23.9 Å². The van der Waals surface area contributed by atoms with Crippen LogP contribution in [0.1, 0.15) is 12.8 Å². The fourth-order valence-corrected chi connectivity index (χ4v) is 3.38. The molecule has 0 spiro atoms. The highest BCUT2D eigenvalue weighted by Crippen LogP contribution is 2.32. The minimum Gasteiger partial charge on any atom is -0.315 e. The summed E-state index contributed by atoms with van der Waals surface area (Å²) in [7, 11) is 3.33. The molecule has 3 rings (SSSR count). The standard InChI is InChI=1S/C21H22N2O3/c1-22(15-9-5-3-6-10-15)20(25)17-13-14-18(19(17)24)21(26)23(2)16-11-7-4-8-12-16/h3-12,17-18H,13-14H2,1-2H3. The molecule has 2 unspecified atom stereocenters. The number of para-hydroxylation sites is 2. The Morgan fingerprint density at radius 2 is 1.08 bits per heavy atom. The molecule has 1 aliphatic carbocycles. The summed E-state index contributed by atoms with van der Waals surface area (Å²) in [5, 5.41) is 0. The van der Waals surface area contributed by atoms with Crippen LogP contribution in [0, 0.1) is 11.8 Å². The van der Waals surface area contributed by atoms with Crippen molar-refractivity contribution in [2.24, 2.45) is 11.8 Å². The van der Waals surface area contributed by atoms with Gasteiger partial charge in [-0.25, -0.2) is 0 Å². The van der Waals surface area contributed by atoms with Crippen LogP contribution in [0.4, 0.5) is 11.4 Å². The van der Waals surface area contributed by atoms with Gasteiger partial charge in [-0.3, -0.25) is 14.4 Å². The Bertz CT molecular complexity index is 737. The number of rotatable bonds is 4. The molecule has 2 aromatic carbocycles. The Morgan fingerprint density at radius 3 is 1.42 bits per heavy atom. The zero-order valence-electron chi connectivity index (χ0n) is 15.0. The normalized spacial score (nSPS) is 19.2. The van der Waals surface area contributed by atoms with E-state index < -0.39 is 11.8 Å². The zero-order chi connectivity index (χ0) is 18.7. The summed E-state index contributed by atoms with van der Waals surface area (Å²) in [6, 6.07) is 18.4. The van der Waals surface area contributed by atoms with E-state index in [0.717, 1.165) is 11.4 Å². The second-order valence-electron chi connectivity index (χ2n) is 6.55. The Kier molecular flexibility index (Phi) is 5.16. The topological polar surface area (TPSA) is 57.7 Å². The van der Waals surface area contributed by atoms with Crippen molar-refractivity contribution in [3.8, 4) is 0 Å². The highest BCUT2D eigenvalue weighted by atomic mass is 16.2. The van der Waals surface area contributed by atoms with Gasteiger partial charge < -0.3 is 9.80 Å². The van der Waals surface area contributed by atoms with Crippen molar-refractivity contribution < 1.29 is 14.4 Å². The third-order valence-electron chi connectivity index (χ3n) is 4.98. The van der Waals surface area contributed by atoms with Crippen molar-refractivity contribution in [1.29, 1.82) is 0 Å². The summed E-state index contributed by atoms with van der Waals surface area (Å²) < 4.78 is 0. The first-order valence-corrected chi connectivity index (χ1v) is 8.69. The van der Waals surface area contributed by atoms with Gasteiger partial charge in [-0.15, -0.1) is 0 Å². The van der Waals surface area contributed by atoms with E-state index in [-0.39, 0.29) is 17.6 Å². The molecule has 1 aliphatic rings. The van der Waals surface area contributed by atoms with Crippen LogP contribution in [-0.4, -0.2) is 31.7 Å². The van der Waals surface area contributed by atoms with Crippen LogP contribution in [-0.2, 0) is 14.4 Å². The van der Waals surface area contributed by atoms with Gasteiger partial charge >= 0.3 is 0 Å². The molecular formula is C21H22N2O3. The molecule has 0 radical (unpaired) electrons. The molecule has 2 aromatic rings. The van der Waals surface area contributed by atoms with E-state index in [1.807, 2.05) is 60.7 Å². The molecule has 1 fully saturated rings. The Labute approximate surface area is 153 Å². The lowest BCUT2D eigenvalue weighted by molar-refractivity contribution is -0.135. The first kappa shape index (κ1) is 17.9. The predicted molar refractivity (Wildman–Crippen MR) is 101 cm³/mol. The van der Waals surface area contributed by atoms with Gasteiger partial charge in [0.1, 0.15) is 0 Å². The number of hydrogen-bond acceptors (Lipinski definition) is 3. The zero-order valence-corrected chi connectivity index (χ0v) is 15.0. The predicted octanol–water partition coefficient (Wildman–Crippen LogP) is 2.91. The average Bonchev–Trinajstić information content (AvgIpc) is 3.08. The fraction of sp³-hybridized carbons (Fsp3) is 0.286. The van der Waals surface area contributed by atoms with Crippen LogP contribution in [0.15, 0.2) is 60.7 Å². The Morgan fingerprint density at radius 1 is 0.731 bits per heavy atom. The molecule has 1 saturated carbocycles. The number of Topliss-reactive ketones (excluding diaryl/α,β-unsaturated/α-hetero) is 1. The summed E-state index contributed by atoms with van der Waals surface area (Å²) in [4.78, 5) is 41.2. The third kappa shape index (κ3) is 3.38. The molecule has 2 atom stereocenters. The summed E-state index contributed by atoms with van der Waals surface area (Å²) in [5.74, 6) is -2.28. The van der Waals surface area contributed by atoms with Crippen LogP contribution in [0.25, 0.3) is 0 Å². The molecule has 0 aliphatic heterocycles. The molecule has 0 N–H and O–H groups in total. The van der Waals surface area contributed by atoms with Crippen LogP contribution < -0.4 is 9.80 Å². The van der Waals surface area contributed by atoms with Gasteiger partial charge in [0.25, 0.3) is 0 Å². The van der Waals surface area contributed by atoms with Gasteiger partial charge in [0.2, 0.25) is 11.8 Å². The number of ketones is 1. The number of anilines is 2. The van der Waals surface area contributed by atoms with Crippen molar-refractivity contribution in [1.82, 2.24) is 0 Å². The number of benzene rings is 2. The van der Waals surface area contributed by atoms with Crippen LogP contribution >= 0.6 is 0 Å². The highest BCUT2D eigenvalue weighted by Gasteiger charge is 2.44. The molecule has 2 amide bonds. The summed E-state index contributed by atoms with van der Waals surface area (Å²) in [6.07, 6.45) is 0.821. The highest BCUT2D eigenvalue weighted by molar-refractivity contribution is 6.17. The van der Waals surface area contributed by atoms with Gasteiger partial charge in [0, 0.05) is 25.5 Å². The lowest BCUT2D eigenvalue weighted by Gasteiger charge is -2.22. The Balaban J connectivity index is 1.71. The monoisotopic (exact) mass is 350 g/mol. The van der Waals surface area contributed by atoms with Crippen molar-refractivity contribution >= 4 is 29.0 Å². The summed E-state index contributed by atoms with van der Waals surface area (Å²) >= 11 is 0. The molecule has 0 saturated heterocycles. The smallest absolute Gasteiger partial charge is 0.237 e. The number of hydrogen-bond donors (Lipinski definition) is 0. The van der Waals surface area contributed by atoms with E-state index in [9.17, 15) is 14.4 Å². The summed E-state index contributed by atoms with van der Waals surface area (Å²) in [5.41, 5.74) is 1.47. The average molecular weight is 350 g/mol. The molecule has 5 heteroatoms. The van der Waals surface area contributed by atoms with Gasteiger partial charge in [-0.05, 0) is 37.1 Å². The maximum Gasteiger partial charge on any atom is 0.237 e. The molecule has 0 bridgehead atoms. The van der Waals surface area contributed by atoms with E-state index in [4.69, 9.17) is 0 Å². The Hall–Kier alpha value is -2.95. The van der Waals surface area contributed by atoms with Gasteiger partial charge in [0.15, 0.2) is 5.78 Å². The lowest BCUT2D eigenvalue weighted by atomic mass is 10.00. The maximum atomic E-state index is 12.8. The SMILES string of the molecule is CN(C(=O)C1CCC(C(=O)N(C)c2ccccc2)C1=O)c1ccccc1. The minimum absolute atomic E-state index is 0.251. The molecular weight excluding hydrogens is 328 g/mol. The van der Waals surface area contributed by atoms with Gasteiger partial charge in [0.05, 0.1) is 11.8 Å². The quantitative estimate of drug-likeness (QED) is 0.797. The first-order chi connectivity index (χ1) is 12.5. The fourth-order valence-electron chi connectivity index (χ4n) is 3.38. The molecule has 134 valence electrons. The van der Waals surface area contributed by atoms with Crippen LogP contribution in [0.3, 0.4) is 0 Å². The maximum absolute atomic E-state index is 12.8. The van der Waals surface area contributed by atoms with Crippen molar-refractivity contribution in [3.63, 3.8) is 0 Å². The van der Waals surface area contributed by atoms with E-state index in [1.165, 1.54) is 9.80 Å². The second-order valence-corrected chi connectivity index (χ2v) is 6.55. The number of carbonyl (C=O) groups excluding carboxylic acids is 3. The van der Waals surface area contributed by atoms with Crippen LogP contribution in [0.5, 0.6) is 0 Å². The first-order valence-electron chi connectivity index (χ1n) is 8.69. The van der Waals surface area contributed by atoms with E-state index in [2.05, 4.69) is 0 Å². The van der Waals surface area contributed by atoms with Crippen molar-refractivity contribution in [3.05, 3.63) is 60.7 Å². The largest absolute Gasteiger partial charge is 0.315 e. The molecule has 26 heavy (non-hydrogen) atoms. The van der Waals surface area contributed by atoms with Gasteiger partial charge in [-0.2, -0.15) is 0 Å². The van der Waals surface area contributed by atoms with E-state index in [1.54, 1.807) is 14.1 Å². The molecule has 5 nitrogen and oxygen atoms in total. The van der Waals surface area contributed by atoms with E-state index in [0.29, 0.717) is 12.8 Å². The minimum atomic E-state index is -0.752. The molecule has 0 aromatic heterocycles.